The average Bonchev–Trinajstić information content (AvgIpc) is 3.22. The first kappa shape index (κ1) is 19.1. The van der Waals surface area contributed by atoms with Gasteiger partial charge in [0.05, 0.1) is 19.3 Å². The second-order valence-electron chi connectivity index (χ2n) is 6.77. The Morgan fingerprint density at radius 3 is 2.96 bits per heavy atom. The van der Waals surface area contributed by atoms with Gasteiger partial charge in [-0.1, -0.05) is 0 Å². The van der Waals surface area contributed by atoms with Gasteiger partial charge < -0.3 is 20.1 Å². The molecule has 1 aromatic carbocycles. The number of hydrogen-bond donors (Lipinski definition) is 2. The molecule has 27 heavy (non-hydrogen) atoms. The zero-order chi connectivity index (χ0) is 19.2. The highest BCUT2D eigenvalue weighted by atomic mass is 16.5. The van der Waals surface area contributed by atoms with E-state index in [9.17, 15) is 0 Å². The fourth-order valence-electron chi connectivity index (χ4n) is 3.19. The van der Waals surface area contributed by atoms with E-state index in [1.165, 1.54) is 5.56 Å². The van der Waals surface area contributed by atoms with Gasteiger partial charge in [0.15, 0.2) is 5.96 Å². The van der Waals surface area contributed by atoms with Gasteiger partial charge in [0.25, 0.3) is 0 Å². The molecule has 0 spiro atoms. The molecule has 0 aliphatic carbocycles. The van der Waals surface area contributed by atoms with Crippen LogP contribution < -0.4 is 20.1 Å². The smallest absolute Gasteiger partial charge is 0.191 e. The Hall–Kier alpha value is -2.70. The highest BCUT2D eigenvalue weighted by molar-refractivity contribution is 5.79. The maximum Gasteiger partial charge on any atom is 0.191 e. The fourth-order valence-corrected chi connectivity index (χ4v) is 3.19. The Bertz CT molecular complexity index is 800. The minimum absolute atomic E-state index is 0.220. The van der Waals surface area contributed by atoms with E-state index in [0.717, 1.165) is 48.1 Å². The molecule has 0 bridgehead atoms. The predicted molar refractivity (Wildman–Crippen MR) is 107 cm³/mol. The van der Waals surface area contributed by atoms with E-state index < -0.39 is 0 Å². The number of benzene rings is 1. The number of nitrogens with zero attached hydrogens (tertiary/aromatic N) is 3. The molecular formula is C20H29N5O2. The Labute approximate surface area is 160 Å². The summed E-state index contributed by atoms with van der Waals surface area (Å²) in [5.41, 5.74) is 3.44. The molecule has 0 radical (unpaired) electrons. The first-order valence-electron chi connectivity index (χ1n) is 9.48. The summed E-state index contributed by atoms with van der Waals surface area (Å²) < 4.78 is 13.6. The number of ether oxygens (including phenoxy) is 2. The van der Waals surface area contributed by atoms with Crippen molar-refractivity contribution in [2.75, 3.05) is 20.2 Å². The van der Waals surface area contributed by atoms with Crippen LogP contribution in [0.25, 0.3) is 0 Å². The van der Waals surface area contributed by atoms with E-state index in [2.05, 4.69) is 39.8 Å². The topological polar surface area (TPSA) is 72.7 Å². The van der Waals surface area contributed by atoms with Crippen molar-refractivity contribution in [3.8, 4) is 11.5 Å². The summed E-state index contributed by atoms with van der Waals surface area (Å²) >= 11 is 0. The lowest BCUT2D eigenvalue weighted by Gasteiger charge is -2.15. The summed E-state index contributed by atoms with van der Waals surface area (Å²) in [6, 6.07) is 4.19. The summed E-state index contributed by atoms with van der Waals surface area (Å²) in [5.74, 6) is 2.61. The van der Waals surface area contributed by atoms with Crippen molar-refractivity contribution >= 4 is 5.96 Å². The third-order valence-corrected chi connectivity index (χ3v) is 4.44. The van der Waals surface area contributed by atoms with Crippen LogP contribution in [0.1, 0.15) is 30.5 Å². The summed E-state index contributed by atoms with van der Waals surface area (Å²) in [5, 5.41) is 11.0. The number of aromatic nitrogens is 2. The first-order chi connectivity index (χ1) is 13.1. The van der Waals surface area contributed by atoms with Gasteiger partial charge in [0, 0.05) is 43.9 Å². The Morgan fingerprint density at radius 2 is 2.26 bits per heavy atom. The minimum atomic E-state index is 0.220. The molecule has 1 aliphatic heterocycles. The van der Waals surface area contributed by atoms with Gasteiger partial charge in [-0.15, -0.1) is 0 Å². The number of aryl methyl sites for hydroxylation is 1. The van der Waals surface area contributed by atoms with Gasteiger partial charge >= 0.3 is 0 Å². The van der Waals surface area contributed by atoms with Crippen LogP contribution in [0.3, 0.4) is 0 Å². The number of rotatable bonds is 7. The van der Waals surface area contributed by atoms with Gasteiger partial charge in [-0.25, -0.2) is 0 Å². The lowest BCUT2D eigenvalue weighted by Crippen LogP contribution is -2.38. The largest absolute Gasteiger partial charge is 0.494 e. The standard InChI is InChI=1S/C20H29N5O2/c1-5-26-18-9-16-8-15(3)27-19(16)10-17(18)12-23-20(21-4)22-6-7-25-13-14(2)11-24-25/h9-11,13,15H,5-8,12H2,1-4H3,(H2,21,22,23). The van der Waals surface area contributed by atoms with Crippen LogP contribution in [0.15, 0.2) is 29.5 Å². The molecule has 0 saturated heterocycles. The summed E-state index contributed by atoms with van der Waals surface area (Å²) in [6.45, 7) is 8.90. The molecule has 1 unspecified atom stereocenters. The number of fused-ring (bicyclic) bond motifs is 1. The summed E-state index contributed by atoms with van der Waals surface area (Å²) in [7, 11) is 1.77. The summed E-state index contributed by atoms with van der Waals surface area (Å²) in [6.07, 6.45) is 5.04. The maximum absolute atomic E-state index is 5.89. The summed E-state index contributed by atoms with van der Waals surface area (Å²) in [4.78, 5) is 4.29. The second kappa shape index (κ2) is 8.79. The zero-order valence-electron chi connectivity index (χ0n) is 16.6. The molecule has 2 heterocycles. The Balaban J connectivity index is 1.58. The molecule has 7 nitrogen and oxygen atoms in total. The van der Waals surface area contributed by atoms with Crippen LogP contribution in [0.5, 0.6) is 11.5 Å². The van der Waals surface area contributed by atoms with Gasteiger partial charge in [0.1, 0.15) is 17.6 Å². The van der Waals surface area contributed by atoms with E-state index in [4.69, 9.17) is 9.47 Å². The SMILES string of the molecule is CCOc1cc2c(cc1CNC(=NC)NCCn1cc(C)cn1)OC(C)C2. The van der Waals surface area contributed by atoms with Crippen molar-refractivity contribution < 1.29 is 9.47 Å². The van der Waals surface area contributed by atoms with Crippen molar-refractivity contribution in [2.45, 2.75) is 46.4 Å². The Morgan fingerprint density at radius 1 is 1.41 bits per heavy atom. The van der Waals surface area contributed by atoms with Crippen molar-refractivity contribution in [3.05, 3.63) is 41.2 Å². The molecule has 0 saturated carbocycles. The number of hydrogen-bond acceptors (Lipinski definition) is 4. The zero-order valence-corrected chi connectivity index (χ0v) is 16.6. The Kier molecular flexibility index (Phi) is 6.21. The van der Waals surface area contributed by atoms with E-state index in [-0.39, 0.29) is 6.10 Å². The van der Waals surface area contributed by atoms with E-state index in [0.29, 0.717) is 13.2 Å². The third kappa shape index (κ3) is 4.93. The highest BCUT2D eigenvalue weighted by Crippen LogP contribution is 2.35. The molecule has 2 aromatic rings. The van der Waals surface area contributed by atoms with E-state index in [1.54, 1.807) is 7.05 Å². The number of nitrogens with one attached hydrogen (secondary N) is 2. The molecule has 1 aromatic heterocycles. The second-order valence-corrected chi connectivity index (χ2v) is 6.77. The van der Waals surface area contributed by atoms with Crippen molar-refractivity contribution in [2.24, 2.45) is 4.99 Å². The molecular weight excluding hydrogens is 342 g/mol. The maximum atomic E-state index is 5.89. The van der Waals surface area contributed by atoms with Gasteiger partial charge in [-0.3, -0.25) is 9.67 Å². The van der Waals surface area contributed by atoms with Gasteiger partial charge in [0.2, 0.25) is 0 Å². The predicted octanol–water partition coefficient (Wildman–Crippen LogP) is 2.28. The van der Waals surface area contributed by atoms with Crippen LogP contribution in [-0.2, 0) is 19.5 Å². The average molecular weight is 371 g/mol. The highest BCUT2D eigenvalue weighted by Gasteiger charge is 2.21. The lowest BCUT2D eigenvalue weighted by atomic mass is 10.1. The third-order valence-electron chi connectivity index (χ3n) is 4.44. The minimum Gasteiger partial charge on any atom is -0.494 e. The van der Waals surface area contributed by atoms with Crippen LogP contribution in [-0.4, -0.2) is 42.0 Å². The molecule has 0 fully saturated rings. The van der Waals surface area contributed by atoms with Crippen molar-refractivity contribution in [1.29, 1.82) is 0 Å². The first-order valence-corrected chi connectivity index (χ1v) is 9.48. The quantitative estimate of drug-likeness (QED) is 0.577. The molecule has 7 heteroatoms. The molecule has 1 atom stereocenters. The van der Waals surface area contributed by atoms with Crippen molar-refractivity contribution in [1.82, 2.24) is 20.4 Å². The van der Waals surface area contributed by atoms with Crippen LogP contribution in [0.4, 0.5) is 0 Å². The van der Waals surface area contributed by atoms with Crippen LogP contribution in [0.2, 0.25) is 0 Å². The lowest BCUT2D eigenvalue weighted by molar-refractivity contribution is 0.254. The molecule has 0 amide bonds. The van der Waals surface area contributed by atoms with E-state index in [1.807, 2.05) is 30.9 Å². The normalized spacial score (nSPS) is 16.0. The molecule has 1 aliphatic rings. The van der Waals surface area contributed by atoms with E-state index >= 15 is 0 Å². The number of guanidine groups is 1. The monoisotopic (exact) mass is 371 g/mol. The van der Waals surface area contributed by atoms with Crippen LogP contribution in [0, 0.1) is 6.92 Å². The van der Waals surface area contributed by atoms with Crippen LogP contribution >= 0.6 is 0 Å². The van der Waals surface area contributed by atoms with Gasteiger partial charge in [-0.05, 0) is 38.5 Å². The molecule has 146 valence electrons. The molecule has 3 rings (SSSR count). The fraction of sp³-hybridized carbons (Fsp3) is 0.500. The van der Waals surface area contributed by atoms with Gasteiger partial charge in [-0.2, -0.15) is 5.10 Å². The number of aliphatic imine (C=N–C) groups is 1. The van der Waals surface area contributed by atoms with Crippen molar-refractivity contribution in [3.63, 3.8) is 0 Å². The molecule has 2 N–H and O–H groups in total.